The van der Waals surface area contributed by atoms with Gasteiger partial charge in [-0.1, -0.05) is 18.6 Å². The van der Waals surface area contributed by atoms with E-state index in [0.717, 1.165) is 71.0 Å². The number of aromatic nitrogens is 1. The molecule has 7 heteroatoms. The molecule has 3 N–H and O–H groups in total. The third-order valence-corrected chi connectivity index (χ3v) is 6.77. The fraction of sp³-hybridized carbons (Fsp3) is 0.583. The molecule has 168 valence electrons. The van der Waals surface area contributed by atoms with Gasteiger partial charge in [0.2, 0.25) is 5.91 Å². The molecule has 2 aromatic rings. The van der Waals surface area contributed by atoms with Gasteiger partial charge < -0.3 is 20.5 Å². The number of H-pyrrole nitrogens is 1. The van der Waals surface area contributed by atoms with Gasteiger partial charge in [-0.25, -0.2) is 0 Å². The molecule has 0 radical (unpaired) electrons. The van der Waals surface area contributed by atoms with Crippen molar-refractivity contribution in [2.24, 2.45) is 10.9 Å². The van der Waals surface area contributed by atoms with E-state index in [-0.39, 0.29) is 0 Å². The lowest BCUT2D eigenvalue weighted by atomic mass is 9.84. The number of benzene rings is 1. The quantitative estimate of drug-likeness (QED) is 0.470. The molecule has 0 bridgehead atoms. The highest BCUT2D eigenvalue weighted by molar-refractivity contribution is 5.86. The van der Waals surface area contributed by atoms with Crippen LogP contribution in [0.4, 0.5) is 0 Å². The average Bonchev–Trinajstić information content (AvgIpc) is 3.16. The zero-order chi connectivity index (χ0) is 21.6. The van der Waals surface area contributed by atoms with Gasteiger partial charge in [0.1, 0.15) is 0 Å². The maximum Gasteiger partial charge on any atom is 0.225 e. The average molecular weight is 425 g/mol. The Morgan fingerprint density at radius 3 is 2.65 bits per heavy atom. The number of guanidine groups is 1. The van der Waals surface area contributed by atoms with Crippen molar-refractivity contribution in [1.29, 1.82) is 0 Å². The summed E-state index contributed by atoms with van der Waals surface area (Å²) in [5, 5.41) is 8.19. The molecule has 1 saturated heterocycles. The molecule has 2 aliphatic rings. The predicted molar refractivity (Wildman–Crippen MR) is 126 cm³/mol. The third kappa shape index (κ3) is 5.21. The molecule has 0 spiro atoms. The Hall–Kier alpha value is -2.54. The second-order valence-corrected chi connectivity index (χ2v) is 8.78. The van der Waals surface area contributed by atoms with Crippen LogP contribution in [0.5, 0.6) is 0 Å². The third-order valence-electron chi connectivity index (χ3n) is 6.77. The Kier molecular flexibility index (Phi) is 7.12. The van der Waals surface area contributed by atoms with E-state index in [1.54, 1.807) is 0 Å². The first-order valence-corrected chi connectivity index (χ1v) is 11.7. The number of fused-ring (bicyclic) bond motifs is 1. The summed E-state index contributed by atoms with van der Waals surface area (Å²) in [6.07, 6.45) is 6.47. The van der Waals surface area contributed by atoms with Crippen molar-refractivity contribution >= 4 is 22.8 Å². The highest BCUT2D eigenvalue weighted by Gasteiger charge is 2.30. The number of carbonyl (C=O) groups is 1. The summed E-state index contributed by atoms with van der Waals surface area (Å²) in [7, 11) is 1.82. The van der Waals surface area contributed by atoms with E-state index in [9.17, 15) is 4.79 Å². The van der Waals surface area contributed by atoms with Crippen LogP contribution in [0.25, 0.3) is 10.9 Å². The fourth-order valence-electron chi connectivity index (χ4n) is 4.62. The number of carbonyl (C=O) groups excluding carboxylic acids is 1. The summed E-state index contributed by atoms with van der Waals surface area (Å²) < 4.78 is 0. The Morgan fingerprint density at radius 2 is 1.94 bits per heavy atom. The van der Waals surface area contributed by atoms with Gasteiger partial charge in [-0.3, -0.25) is 14.7 Å². The van der Waals surface area contributed by atoms with Crippen LogP contribution in [0.1, 0.15) is 30.4 Å². The number of hydrogen-bond acceptors (Lipinski definition) is 3. The molecule has 1 aromatic heterocycles. The number of hydrogen-bond donors (Lipinski definition) is 3. The van der Waals surface area contributed by atoms with E-state index >= 15 is 0 Å². The summed E-state index contributed by atoms with van der Waals surface area (Å²) in [5.41, 5.74) is 3.85. The monoisotopic (exact) mass is 424 g/mol. The molecule has 2 heterocycles. The Bertz CT molecular complexity index is 908. The normalized spacial score (nSPS) is 18.3. The van der Waals surface area contributed by atoms with E-state index in [2.05, 4.69) is 61.7 Å². The van der Waals surface area contributed by atoms with Crippen molar-refractivity contribution in [3.8, 4) is 0 Å². The van der Waals surface area contributed by atoms with E-state index in [1.165, 1.54) is 28.5 Å². The summed E-state index contributed by atoms with van der Waals surface area (Å²) >= 11 is 0. The standard InChI is InChI=1S/C24H36N6O/c1-18-5-3-8-21-22(18)20(17-28-21)9-10-26-24(25-2)27-11-12-29-13-15-30(16-14-29)23(31)19-6-4-7-19/h3,5,8,17,19,28H,4,6-7,9-16H2,1-2H3,(H2,25,26,27). The van der Waals surface area contributed by atoms with Crippen LogP contribution in [-0.4, -0.2) is 79.5 Å². The minimum absolute atomic E-state index is 0.316. The van der Waals surface area contributed by atoms with Crippen LogP contribution in [0.3, 0.4) is 0 Å². The molecule has 31 heavy (non-hydrogen) atoms. The van der Waals surface area contributed by atoms with Crippen molar-refractivity contribution in [3.05, 3.63) is 35.5 Å². The van der Waals surface area contributed by atoms with Crippen LogP contribution in [0.15, 0.2) is 29.4 Å². The number of amides is 1. The minimum atomic E-state index is 0.316. The predicted octanol–water partition coefficient (Wildman–Crippen LogP) is 2.13. The molecule has 1 aliphatic heterocycles. The second-order valence-electron chi connectivity index (χ2n) is 8.78. The number of aryl methyl sites for hydroxylation is 1. The number of nitrogens with one attached hydrogen (secondary N) is 3. The van der Waals surface area contributed by atoms with Crippen molar-refractivity contribution < 1.29 is 4.79 Å². The lowest BCUT2D eigenvalue weighted by Crippen LogP contribution is -2.52. The lowest BCUT2D eigenvalue weighted by molar-refractivity contribution is -0.139. The molecule has 0 atom stereocenters. The van der Waals surface area contributed by atoms with Gasteiger partial charge >= 0.3 is 0 Å². The summed E-state index contributed by atoms with van der Waals surface area (Å²) in [5.74, 6) is 1.55. The maximum absolute atomic E-state index is 12.4. The summed E-state index contributed by atoms with van der Waals surface area (Å²) in [6, 6.07) is 6.38. The molecule has 1 amide bonds. The summed E-state index contributed by atoms with van der Waals surface area (Å²) in [4.78, 5) is 24.6. The first-order valence-electron chi connectivity index (χ1n) is 11.7. The number of aromatic amines is 1. The molecular formula is C24H36N6O. The van der Waals surface area contributed by atoms with Gasteiger partial charge in [0.15, 0.2) is 5.96 Å². The zero-order valence-electron chi connectivity index (χ0n) is 18.9. The van der Waals surface area contributed by atoms with Gasteiger partial charge in [0.05, 0.1) is 0 Å². The number of rotatable bonds is 7. The van der Waals surface area contributed by atoms with Crippen LogP contribution in [-0.2, 0) is 11.2 Å². The molecule has 1 saturated carbocycles. The van der Waals surface area contributed by atoms with Crippen molar-refractivity contribution in [2.45, 2.75) is 32.6 Å². The largest absolute Gasteiger partial charge is 0.361 e. The van der Waals surface area contributed by atoms with Crippen LogP contribution < -0.4 is 10.6 Å². The summed E-state index contributed by atoms with van der Waals surface area (Å²) in [6.45, 7) is 8.48. The molecule has 0 unspecified atom stereocenters. The molecule has 7 nitrogen and oxygen atoms in total. The van der Waals surface area contributed by atoms with Crippen molar-refractivity contribution in [2.75, 3.05) is 52.9 Å². The fourth-order valence-corrected chi connectivity index (χ4v) is 4.62. The second kappa shape index (κ2) is 10.2. The molecule has 1 aliphatic carbocycles. The lowest BCUT2D eigenvalue weighted by Gasteiger charge is -2.38. The molecule has 2 fully saturated rings. The van der Waals surface area contributed by atoms with Gasteiger partial charge in [-0.2, -0.15) is 0 Å². The van der Waals surface area contributed by atoms with E-state index < -0.39 is 0 Å². The highest BCUT2D eigenvalue weighted by atomic mass is 16.2. The molecule has 4 rings (SSSR count). The van der Waals surface area contributed by atoms with Crippen LogP contribution >= 0.6 is 0 Å². The zero-order valence-corrected chi connectivity index (χ0v) is 18.9. The first-order chi connectivity index (χ1) is 15.2. The first kappa shape index (κ1) is 21.7. The SMILES string of the molecule is CN=C(NCCc1c[nH]c2cccc(C)c12)NCCN1CCN(C(=O)C2CCC2)CC1. The van der Waals surface area contributed by atoms with Gasteiger partial charge in [0.25, 0.3) is 0 Å². The Labute approximate surface area is 185 Å². The van der Waals surface area contributed by atoms with Crippen molar-refractivity contribution in [3.63, 3.8) is 0 Å². The van der Waals surface area contributed by atoms with Crippen molar-refractivity contribution in [1.82, 2.24) is 25.4 Å². The van der Waals surface area contributed by atoms with Crippen LogP contribution in [0, 0.1) is 12.8 Å². The van der Waals surface area contributed by atoms with E-state index in [0.29, 0.717) is 11.8 Å². The van der Waals surface area contributed by atoms with Gasteiger partial charge in [0, 0.05) is 75.9 Å². The molecule has 1 aromatic carbocycles. The highest BCUT2D eigenvalue weighted by Crippen LogP contribution is 2.28. The number of nitrogens with zero attached hydrogens (tertiary/aromatic N) is 3. The Balaban J connectivity index is 1.14. The molecular weight excluding hydrogens is 388 g/mol. The van der Waals surface area contributed by atoms with E-state index in [4.69, 9.17) is 0 Å². The van der Waals surface area contributed by atoms with Crippen LogP contribution in [0.2, 0.25) is 0 Å². The topological polar surface area (TPSA) is 75.8 Å². The van der Waals surface area contributed by atoms with Gasteiger partial charge in [-0.15, -0.1) is 0 Å². The van der Waals surface area contributed by atoms with Gasteiger partial charge in [-0.05, 0) is 43.4 Å². The maximum atomic E-state index is 12.4. The smallest absolute Gasteiger partial charge is 0.225 e. The number of piperazine rings is 1. The van der Waals surface area contributed by atoms with E-state index in [1.807, 2.05) is 7.05 Å². The number of aliphatic imine (C=N–C) groups is 1. The Morgan fingerprint density at radius 1 is 1.16 bits per heavy atom. The minimum Gasteiger partial charge on any atom is -0.361 e.